The molecule has 1 fully saturated rings. The Morgan fingerprint density at radius 1 is 1.25 bits per heavy atom. The lowest BCUT2D eigenvalue weighted by Gasteiger charge is -2.25. The first-order chi connectivity index (χ1) is 7.81. The van der Waals surface area contributed by atoms with Crippen molar-refractivity contribution < 1.29 is 4.21 Å². The summed E-state index contributed by atoms with van der Waals surface area (Å²) in [5.41, 5.74) is 6.63. The molecule has 88 valence electrons. The van der Waals surface area contributed by atoms with Gasteiger partial charge in [-0.2, -0.15) is 0 Å². The molecule has 1 unspecified atom stereocenters. The summed E-state index contributed by atoms with van der Waals surface area (Å²) in [5.74, 6) is 0. The van der Waals surface area contributed by atoms with E-state index in [0.717, 1.165) is 36.4 Å². The molecule has 0 aliphatic carbocycles. The van der Waals surface area contributed by atoms with E-state index >= 15 is 0 Å². The Balaban J connectivity index is 2.12. The zero-order chi connectivity index (χ0) is 11.4. The van der Waals surface area contributed by atoms with Crippen LogP contribution in [0.1, 0.15) is 24.8 Å². The van der Waals surface area contributed by atoms with Gasteiger partial charge in [0.2, 0.25) is 0 Å². The molecule has 2 rings (SSSR count). The van der Waals surface area contributed by atoms with Crippen LogP contribution >= 0.6 is 0 Å². The standard InChI is InChI=1S/C12H18N2OS/c13-10-11-5-4-6-12(9-11)16(15)14-7-2-1-3-8-14/h4-6,9H,1-3,7-8,10,13H2. The van der Waals surface area contributed by atoms with E-state index in [0.29, 0.717) is 6.54 Å². The lowest BCUT2D eigenvalue weighted by molar-refractivity contribution is 0.365. The van der Waals surface area contributed by atoms with Gasteiger partial charge in [0.05, 0.1) is 4.90 Å². The summed E-state index contributed by atoms with van der Waals surface area (Å²) in [7, 11) is -1.00. The smallest absolute Gasteiger partial charge is 0.127 e. The van der Waals surface area contributed by atoms with Gasteiger partial charge in [0.25, 0.3) is 0 Å². The number of piperidine rings is 1. The highest BCUT2D eigenvalue weighted by atomic mass is 32.2. The van der Waals surface area contributed by atoms with Crippen molar-refractivity contribution in [1.82, 2.24) is 4.31 Å². The van der Waals surface area contributed by atoms with Crippen molar-refractivity contribution in [3.63, 3.8) is 0 Å². The van der Waals surface area contributed by atoms with Crippen LogP contribution < -0.4 is 5.73 Å². The van der Waals surface area contributed by atoms with Crippen LogP contribution in [0.25, 0.3) is 0 Å². The highest BCUT2D eigenvalue weighted by Crippen LogP contribution is 2.17. The Kier molecular flexibility index (Phi) is 4.09. The molecule has 16 heavy (non-hydrogen) atoms. The molecule has 1 aliphatic rings. The van der Waals surface area contributed by atoms with Gasteiger partial charge < -0.3 is 5.73 Å². The average molecular weight is 238 g/mol. The van der Waals surface area contributed by atoms with E-state index in [1.165, 1.54) is 6.42 Å². The largest absolute Gasteiger partial charge is 0.326 e. The van der Waals surface area contributed by atoms with Crippen molar-refractivity contribution >= 4 is 11.0 Å². The molecule has 3 nitrogen and oxygen atoms in total. The normalized spacial score (nSPS) is 19.6. The maximum atomic E-state index is 12.3. The Hall–Kier alpha value is -0.710. The minimum atomic E-state index is -1.00. The van der Waals surface area contributed by atoms with Gasteiger partial charge >= 0.3 is 0 Å². The van der Waals surface area contributed by atoms with Crippen molar-refractivity contribution in [3.8, 4) is 0 Å². The fraction of sp³-hybridized carbons (Fsp3) is 0.500. The minimum Gasteiger partial charge on any atom is -0.326 e. The molecule has 1 aromatic carbocycles. The summed E-state index contributed by atoms with van der Waals surface area (Å²) >= 11 is 0. The molecule has 1 heterocycles. The number of rotatable bonds is 3. The summed E-state index contributed by atoms with van der Waals surface area (Å²) in [6, 6.07) is 7.77. The predicted molar refractivity (Wildman–Crippen MR) is 66.2 cm³/mol. The highest BCUT2D eigenvalue weighted by molar-refractivity contribution is 7.82. The number of hydrogen-bond donors (Lipinski definition) is 1. The zero-order valence-electron chi connectivity index (χ0n) is 9.39. The third-order valence-electron chi connectivity index (χ3n) is 2.89. The molecule has 1 aromatic rings. The van der Waals surface area contributed by atoms with Crippen LogP contribution in [0.5, 0.6) is 0 Å². The molecule has 1 saturated heterocycles. The number of hydrogen-bond acceptors (Lipinski definition) is 2. The molecule has 0 aromatic heterocycles. The van der Waals surface area contributed by atoms with E-state index in [1.54, 1.807) is 0 Å². The zero-order valence-corrected chi connectivity index (χ0v) is 10.2. The Morgan fingerprint density at radius 3 is 2.69 bits per heavy atom. The second-order valence-electron chi connectivity index (χ2n) is 4.09. The number of nitrogens with two attached hydrogens (primary N) is 1. The van der Waals surface area contributed by atoms with Crippen molar-refractivity contribution in [2.75, 3.05) is 13.1 Å². The fourth-order valence-electron chi connectivity index (χ4n) is 1.96. The molecule has 0 saturated carbocycles. The Morgan fingerprint density at radius 2 is 2.00 bits per heavy atom. The van der Waals surface area contributed by atoms with E-state index in [1.807, 2.05) is 24.3 Å². The van der Waals surface area contributed by atoms with E-state index in [4.69, 9.17) is 5.73 Å². The highest BCUT2D eigenvalue weighted by Gasteiger charge is 2.17. The van der Waals surface area contributed by atoms with Crippen molar-refractivity contribution in [2.24, 2.45) is 5.73 Å². The lowest BCUT2D eigenvalue weighted by atomic mass is 10.2. The first kappa shape index (κ1) is 11.8. The maximum Gasteiger partial charge on any atom is 0.127 e. The van der Waals surface area contributed by atoms with Crippen LogP contribution in [-0.4, -0.2) is 21.6 Å². The van der Waals surface area contributed by atoms with Gasteiger partial charge in [-0.15, -0.1) is 0 Å². The molecule has 4 heteroatoms. The van der Waals surface area contributed by atoms with Crippen molar-refractivity contribution in [2.45, 2.75) is 30.7 Å². The van der Waals surface area contributed by atoms with Gasteiger partial charge in [0, 0.05) is 19.6 Å². The van der Waals surface area contributed by atoms with Gasteiger partial charge in [0.1, 0.15) is 11.0 Å². The molecule has 0 bridgehead atoms. The molecule has 0 amide bonds. The second kappa shape index (κ2) is 5.57. The first-order valence-corrected chi connectivity index (χ1v) is 6.88. The van der Waals surface area contributed by atoms with Crippen LogP contribution in [0.2, 0.25) is 0 Å². The molecule has 0 radical (unpaired) electrons. The van der Waals surface area contributed by atoms with Gasteiger partial charge in [-0.25, -0.2) is 8.51 Å². The summed E-state index contributed by atoms with van der Waals surface area (Å²) in [6.45, 7) is 2.39. The molecule has 0 spiro atoms. The van der Waals surface area contributed by atoms with Crippen LogP contribution in [0.15, 0.2) is 29.2 Å². The third kappa shape index (κ3) is 2.70. The number of benzene rings is 1. The van der Waals surface area contributed by atoms with Gasteiger partial charge in [-0.1, -0.05) is 18.6 Å². The van der Waals surface area contributed by atoms with Crippen molar-refractivity contribution in [1.29, 1.82) is 0 Å². The summed E-state index contributed by atoms with van der Waals surface area (Å²) in [5, 5.41) is 0. The van der Waals surface area contributed by atoms with Gasteiger partial charge in [-0.3, -0.25) is 0 Å². The molecule has 1 atom stereocenters. The SMILES string of the molecule is NCc1cccc(S(=O)N2CCCCC2)c1. The molecular formula is C12H18N2OS. The molecule has 1 aliphatic heterocycles. The first-order valence-electron chi connectivity index (χ1n) is 5.77. The van der Waals surface area contributed by atoms with Gasteiger partial charge in [0.15, 0.2) is 0 Å². The quantitative estimate of drug-likeness (QED) is 0.870. The molecular weight excluding hydrogens is 220 g/mol. The predicted octanol–water partition coefficient (Wildman–Crippen LogP) is 1.65. The van der Waals surface area contributed by atoms with Crippen LogP contribution in [0.4, 0.5) is 0 Å². The van der Waals surface area contributed by atoms with Crippen LogP contribution in [0.3, 0.4) is 0 Å². The fourth-order valence-corrected chi connectivity index (χ4v) is 3.30. The Labute approximate surface area is 99.2 Å². The Bertz CT molecular complexity index is 375. The monoisotopic (exact) mass is 238 g/mol. The van der Waals surface area contributed by atoms with Crippen molar-refractivity contribution in [3.05, 3.63) is 29.8 Å². The molecule has 2 N–H and O–H groups in total. The van der Waals surface area contributed by atoms with E-state index in [-0.39, 0.29) is 0 Å². The van der Waals surface area contributed by atoms with E-state index in [9.17, 15) is 4.21 Å². The minimum absolute atomic E-state index is 0.505. The summed E-state index contributed by atoms with van der Waals surface area (Å²) in [6.07, 6.45) is 3.57. The van der Waals surface area contributed by atoms with E-state index in [2.05, 4.69) is 4.31 Å². The van der Waals surface area contributed by atoms with E-state index < -0.39 is 11.0 Å². The van der Waals surface area contributed by atoms with Crippen LogP contribution in [-0.2, 0) is 17.5 Å². The average Bonchev–Trinajstić information content (AvgIpc) is 2.39. The van der Waals surface area contributed by atoms with Gasteiger partial charge in [-0.05, 0) is 30.5 Å². The number of nitrogens with zero attached hydrogens (tertiary/aromatic N) is 1. The second-order valence-corrected chi connectivity index (χ2v) is 5.58. The maximum absolute atomic E-state index is 12.3. The summed E-state index contributed by atoms with van der Waals surface area (Å²) < 4.78 is 14.3. The summed E-state index contributed by atoms with van der Waals surface area (Å²) in [4.78, 5) is 0.879. The third-order valence-corrected chi connectivity index (χ3v) is 4.38. The van der Waals surface area contributed by atoms with Crippen LogP contribution in [0, 0.1) is 0 Å². The lowest BCUT2D eigenvalue weighted by Crippen LogP contribution is -2.31. The topological polar surface area (TPSA) is 46.3 Å².